The standard InChI is InChI=1S/C16H25N3OS/c1-3-9-18-14-11-17-10-6-13(14)15(20)19-12-16(21-2)7-4-5-8-16/h6,10-11,18H,3-5,7-9,12H2,1-2H3,(H,19,20). The average Bonchev–Trinajstić information content (AvgIpc) is 3.00. The Morgan fingerprint density at radius 3 is 2.86 bits per heavy atom. The minimum atomic E-state index is -0.00340. The average molecular weight is 307 g/mol. The number of hydrogen-bond donors (Lipinski definition) is 2. The first-order valence-electron chi connectivity index (χ1n) is 7.72. The lowest BCUT2D eigenvalue weighted by Crippen LogP contribution is -2.38. The molecule has 21 heavy (non-hydrogen) atoms. The highest BCUT2D eigenvalue weighted by molar-refractivity contribution is 8.00. The molecule has 2 rings (SSSR count). The zero-order chi connectivity index (χ0) is 15.1. The highest BCUT2D eigenvalue weighted by Crippen LogP contribution is 2.39. The first kappa shape index (κ1) is 16.1. The largest absolute Gasteiger partial charge is 0.383 e. The number of carbonyl (C=O) groups is 1. The molecular formula is C16H25N3OS. The van der Waals surface area contributed by atoms with Crippen LogP contribution in [0, 0.1) is 0 Å². The predicted octanol–water partition coefficient (Wildman–Crippen LogP) is 3.31. The molecule has 0 unspecified atom stereocenters. The highest BCUT2D eigenvalue weighted by atomic mass is 32.2. The second-order valence-electron chi connectivity index (χ2n) is 5.62. The zero-order valence-corrected chi connectivity index (χ0v) is 13.8. The Balaban J connectivity index is 2.00. The molecule has 1 heterocycles. The van der Waals surface area contributed by atoms with Gasteiger partial charge in [0.25, 0.3) is 5.91 Å². The number of anilines is 1. The summed E-state index contributed by atoms with van der Waals surface area (Å²) < 4.78 is 0.236. The fraction of sp³-hybridized carbons (Fsp3) is 0.625. The third kappa shape index (κ3) is 4.13. The van der Waals surface area contributed by atoms with Crippen LogP contribution in [-0.2, 0) is 0 Å². The summed E-state index contributed by atoms with van der Waals surface area (Å²) in [5.74, 6) is -0.00340. The fourth-order valence-corrected chi connectivity index (χ4v) is 3.72. The molecule has 0 aromatic carbocycles. The molecule has 0 atom stereocenters. The van der Waals surface area contributed by atoms with E-state index in [1.54, 1.807) is 18.5 Å². The molecule has 0 bridgehead atoms. The van der Waals surface area contributed by atoms with Gasteiger partial charge in [-0.15, -0.1) is 0 Å². The van der Waals surface area contributed by atoms with E-state index in [-0.39, 0.29) is 10.7 Å². The topological polar surface area (TPSA) is 54.0 Å². The van der Waals surface area contributed by atoms with E-state index in [4.69, 9.17) is 0 Å². The third-order valence-corrected chi connectivity index (χ3v) is 5.57. The Morgan fingerprint density at radius 2 is 2.19 bits per heavy atom. The first-order valence-corrected chi connectivity index (χ1v) is 8.94. The maximum absolute atomic E-state index is 12.5. The molecule has 1 amide bonds. The highest BCUT2D eigenvalue weighted by Gasteiger charge is 2.33. The van der Waals surface area contributed by atoms with Crippen molar-refractivity contribution in [1.29, 1.82) is 0 Å². The van der Waals surface area contributed by atoms with E-state index in [2.05, 4.69) is 28.8 Å². The molecule has 1 aromatic heterocycles. The molecule has 0 radical (unpaired) electrons. The molecule has 2 N–H and O–H groups in total. The van der Waals surface area contributed by atoms with Gasteiger partial charge in [0.15, 0.2) is 0 Å². The van der Waals surface area contributed by atoms with Crippen LogP contribution in [0.1, 0.15) is 49.4 Å². The maximum Gasteiger partial charge on any atom is 0.253 e. The minimum absolute atomic E-state index is 0.00340. The predicted molar refractivity (Wildman–Crippen MR) is 90.1 cm³/mol. The van der Waals surface area contributed by atoms with Crippen molar-refractivity contribution in [2.45, 2.75) is 43.8 Å². The van der Waals surface area contributed by atoms with Crippen LogP contribution in [0.25, 0.3) is 0 Å². The second kappa shape index (κ2) is 7.69. The Bertz CT molecular complexity index is 472. The summed E-state index contributed by atoms with van der Waals surface area (Å²) in [6.07, 6.45) is 11.5. The number of rotatable bonds is 7. The Labute approximate surface area is 131 Å². The monoisotopic (exact) mass is 307 g/mol. The van der Waals surface area contributed by atoms with Crippen molar-refractivity contribution in [3.05, 3.63) is 24.0 Å². The molecule has 0 saturated heterocycles. The number of thioether (sulfide) groups is 1. The van der Waals surface area contributed by atoms with Crippen LogP contribution in [0.15, 0.2) is 18.5 Å². The van der Waals surface area contributed by atoms with Crippen molar-refractivity contribution < 1.29 is 4.79 Å². The molecule has 1 fully saturated rings. The summed E-state index contributed by atoms with van der Waals surface area (Å²) in [6, 6.07) is 1.79. The molecule has 116 valence electrons. The summed E-state index contributed by atoms with van der Waals surface area (Å²) in [7, 11) is 0. The van der Waals surface area contributed by atoms with E-state index in [0.717, 1.165) is 25.2 Å². The van der Waals surface area contributed by atoms with Crippen molar-refractivity contribution in [2.75, 3.05) is 24.7 Å². The summed E-state index contributed by atoms with van der Waals surface area (Å²) in [5.41, 5.74) is 1.51. The summed E-state index contributed by atoms with van der Waals surface area (Å²) in [6.45, 7) is 3.70. The van der Waals surface area contributed by atoms with Crippen LogP contribution in [0.4, 0.5) is 5.69 Å². The number of hydrogen-bond acceptors (Lipinski definition) is 4. The molecule has 1 aliphatic carbocycles. The van der Waals surface area contributed by atoms with Crippen molar-refractivity contribution in [2.24, 2.45) is 0 Å². The van der Waals surface area contributed by atoms with E-state index in [1.807, 2.05) is 11.8 Å². The van der Waals surface area contributed by atoms with E-state index in [9.17, 15) is 4.79 Å². The molecule has 4 nitrogen and oxygen atoms in total. The maximum atomic E-state index is 12.5. The third-order valence-electron chi connectivity index (χ3n) is 4.15. The van der Waals surface area contributed by atoms with E-state index in [0.29, 0.717) is 5.56 Å². The summed E-state index contributed by atoms with van der Waals surface area (Å²) in [4.78, 5) is 16.6. The van der Waals surface area contributed by atoms with Crippen LogP contribution in [0.3, 0.4) is 0 Å². The Hall–Kier alpha value is -1.23. The normalized spacial score (nSPS) is 16.7. The number of pyridine rings is 1. The molecule has 5 heteroatoms. The molecular weight excluding hydrogens is 282 g/mol. The van der Waals surface area contributed by atoms with Gasteiger partial charge in [0.05, 0.1) is 17.4 Å². The Morgan fingerprint density at radius 1 is 1.43 bits per heavy atom. The quantitative estimate of drug-likeness (QED) is 0.811. The number of nitrogens with one attached hydrogen (secondary N) is 2. The molecule has 1 aromatic rings. The SMILES string of the molecule is CCCNc1cnccc1C(=O)NCC1(SC)CCCC1. The van der Waals surface area contributed by atoms with Crippen molar-refractivity contribution in [3.63, 3.8) is 0 Å². The molecule has 0 spiro atoms. The van der Waals surface area contributed by atoms with Crippen molar-refractivity contribution in [1.82, 2.24) is 10.3 Å². The van der Waals surface area contributed by atoms with Gasteiger partial charge in [0, 0.05) is 24.0 Å². The smallest absolute Gasteiger partial charge is 0.253 e. The number of amides is 1. The number of carbonyl (C=O) groups excluding carboxylic acids is 1. The van der Waals surface area contributed by atoms with Crippen LogP contribution in [0.5, 0.6) is 0 Å². The van der Waals surface area contributed by atoms with E-state index >= 15 is 0 Å². The Kier molecular flexibility index (Phi) is 5.91. The second-order valence-corrected chi connectivity index (χ2v) is 6.90. The van der Waals surface area contributed by atoms with Crippen LogP contribution < -0.4 is 10.6 Å². The lowest BCUT2D eigenvalue weighted by atomic mass is 10.1. The summed E-state index contributed by atoms with van der Waals surface area (Å²) >= 11 is 1.89. The lowest BCUT2D eigenvalue weighted by molar-refractivity contribution is 0.0950. The van der Waals surface area contributed by atoms with Gasteiger partial charge in [-0.05, 0) is 31.6 Å². The van der Waals surface area contributed by atoms with Crippen LogP contribution in [0.2, 0.25) is 0 Å². The fourth-order valence-electron chi connectivity index (χ4n) is 2.80. The van der Waals surface area contributed by atoms with Gasteiger partial charge in [-0.3, -0.25) is 9.78 Å². The van der Waals surface area contributed by atoms with Crippen molar-refractivity contribution >= 4 is 23.4 Å². The van der Waals surface area contributed by atoms with Gasteiger partial charge in [-0.1, -0.05) is 19.8 Å². The number of nitrogens with zero attached hydrogens (tertiary/aromatic N) is 1. The molecule has 1 aliphatic rings. The molecule has 1 saturated carbocycles. The van der Waals surface area contributed by atoms with Crippen LogP contribution in [-0.4, -0.2) is 35.0 Å². The first-order chi connectivity index (χ1) is 10.2. The van der Waals surface area contributed by atoms with E-state index < -0.39 is 0 Å². The van der Waals surface area contributed by atoms with Crippen molar-refractivity contribution in [3.8, 4) is 0 Å². The lowest BCUT2D eigenvalue weighted by Gasteiger charge is -2.27. The minimum Gasteiger partial charge on any atom is -0.383 e. The van der Waals surface area contributed by atoms with Gasteiger partial charge < -0.3 is 10.6 Å². The summed E-state index contributed by atoms with van der Waals surface area (Å²) in [5, 5.41) is 6.39. The van der Waals surface area contributed by atoms with Gasteiger partial charge in [0.2, 0.25) is 0 Å². The van der Waals surface area contributed by atoms with Gasteiger partial charge in [0.1, 0.15) is 0 Å². The van der Waals surface area contributed by atoms with Gasteiger partial charge in [-0.25, -0.2) is 0 Å². The van der Waals surface area contributed by atoms with Crippen LogP contribution >= 0.6 is 11.8 Å². The number of aromatic nitrogens is 1. The van der Waals surface area contributed by atoms with Gasteiger partial charge in [-0.2, -0.15) is 11.8 Å². The van der Waals surface area contributed by atoms with E-state index in [1.165, 1.54) is 25.7 Å². The van der Waals surface area contributed by atoms with Gasteiger partial charge >= 0.3 is 0 Å². The molecule has 0 aliphatic heterocycles. The zero-order valence-electron chi connectivity index (χ0n) is 12.9.